The van der Waals surface area contributed by atoms with Gasteiger partial charge in [-0.3, -0.25) is 9.59 Å². The van der Waals surface area contributed by atoms with Crippen molar-refractivity contribution in [2.45, 2.75) is 38.0 Å². The van der Waals surface area contributed by atoms with Crippen molar-refractivity contribution in [2.24, 2.45) is 11.8 Å². The van der Waals surface area contributed by atoms with Crippen LogP contribution < -0.4 is 5.32 Å². The van der Waals surface area contributed by atoms with E-state index in [0.717, 1.165) is 18.4 Å². The second kappa shape index (κ2) is 5.48. The predicted octanol–water partition coefficient (Wildman–Crippen LogP) is 1.74. The molecule has 5 heteroatoms. The molecule has 1 aromatic carbocycles. The van der Waals surface area contributed by atoms with E-state index in [9.17, 15) is 14.7 Å². The summed E-state index contributed by atoms with van der Waals surface area (Å²) < 4.78 is 5.63. The molecular weight excluding hydrogens is 270 g/mol. The Hall–Kier alpha value is -1.88. The Morgan fingerprint density at radius 2 is 1.81 bits per heavy atom. The summed E-state index contributed by atoms with van der Waals surface area (Å²) in [6.45, 7) is 1.90. The summed E-state index contributed by atoms with van der Waals surface area (Å²) in [5, 5.41) is 12.3. The van der Waals surface area contributed by atoms with Crippen molar-refractivity contribution in [3.8, 4) is 0 Å². The molecule has 1 amide bonds. The van der Waals surface area contributed by atoms with Gasteiger partial charge >= 0.3 is 5.97 Å². The Morgan fingerprint density at radius 3 is 2.43 bits per heavy atom. The molecular formula is C16H19NO4. The first-order chi connectivity index (χ1) is 10.1. The lowest BCUT2D eigenvalue weighted by Crippen LogP contribution is -2.44. The quantitative estimate of drug-likeness (QED) is 0.885. The maximum absolute atomic E-state index is 12.5. The number of carbonyl (C=O) groups is 2. The van der Waals surface area contributed by atoms with Crippen LogP contribution in [0, 0.1) is 11.8 Å². The van der Waals surface area contributed by atoms with Gasteiger partial charge in [0.25, 0.3) is 0 Å². The lowest BCUT2D eigenvalue weighted by atomic mass is 9.78. The first-order valence-electron chi connectivity index (χ1n) is 7.31. The number of hydrogen-bond donors (Lipinski definition) is 2. The third kappa shape index (κ3) is 2.53. The van der Waals surface area contributed by atoms with Crippen LogP contribution in [-0.4, -0.2) is 29.2 Å². The Morgan fingerprint density at radius 1 is 1.19 bits per heavy atom. The molecule has 0 spiro atoms. The molecule has 112 valence electrons. The van der Waals surface area contributed by atoms with Crippen LogP contribution in [-0.2, 0) is 14.3 Å². The lowest BCUT2D eigenvalue weighted by molar-refractivity contribution is -0.148. The summed E-state index contributed by atoms with van der Waals surface area (Å²) in [5.74, 6) is -2.44. The van der Waals surface area contributed by atoms with Crippen molar-refractivity contribution in [2.75, 3.05) is 0 Å². The number of benzene rings is 1. The van der Waals surface area contributed by atoms with Gasteiger partial charge in [-0.05, 0) is 25.3 Å². The summed E-state index contributed by atoms with van der Waals surface area (Å²) in [6, 6.07) is 9.49. The van der Waals surface area contributed by atoms with Crippen LogP contribution in [0.5, 0.6) is 0 Å². The number of hydrogen-bond acceptors (Lipinski definition) is 3. The predicted molar refractivity (Wildman–Crippen MR) is 75.5 cm³/mol. The molecule has 1 unspecified atom stereocenters. The minimum Gasteiger partial charge on any atom is -0.481 e. The van der Waals surface area contributed by atoms with Gasteiger partial charge in [-0.15, -0.1) is 0 Å². The van der Waals surface area contributed by atoms with E-state index in [1.54, 1.807) is 0 Å². The molecule has 2 aliphatic heterocycles. The maximum Gasteiger partial charge on any atom is 0.310 e. The minimum atomic E-state index is -0.935. The van der Waals surface area contributed by atoms with E-state index in [1.807, 2.05) is 37.3 Å². The van der Waals surface area contributed by atoms with Gasteiger partial charge in [-0.25, -0.2) is 0 Å². The van der Waals surface area contributed by atoms with Gasteiger partial charge < -0.3 is 15.2 Å². The third-order valence-corrected chi connectivity index (χ3v) is 4.52. The molecule has 2 heterocycles. The molecule has 5 nitrogen and oxygen atoms in total. The highest BCUT2D eigenvalue weighted by molar-refractivity contribution is 5.86. The zero-order chi connectivity index (χ0) is 15.0. The zero-order valence-corrected chi connectivity index (χ0v) is 11.9. The second-order valence-corrected chi connectivity index (χ2v) is 5.82. The van der Waals surface area contributed by atoms with Crippen molar-refractivity contribution in [1.29, 1.82) is 0 Å². The smallest absolute Gasteiger partial charge is 0.310 e. The molecule has 2 bridgehead atoms. The molecule has 21 heavy (non-hydrogen) atoms. The van der Waals surface area contributed by atoms with E-state index >= 15 is 0 Å². The fraction of sp³-hybridized carbons (Fsp3) is 0.500. The number of carboxylic acids is 1. The number of aliphatic carboxylic acids is 1. The highest BCUT2D eigenvalue weighted by Gasteiger charge is 2.55. The van der Waals surface area contributed by atoms with E-state index in [2.05, 4.69) is 5.32 Å². The van der Waals surface area contributed by atoms with E-state index in [-0.39, 0.29) is 24.2 Å². The molecule has 0 radical (unpaired) electrons. The highest BCUT2D eigenvalue weighted by atomic mass is 16.5. The van der Waals surface area contributed by atoms with Crippen molar-refractivity contribution in [1.82, 2.24) is 5.32 Å². The second-order valence-electron chi connectivity index (χ2n) is 5.82. The van der Waals surface area contributed by atoms with Crippen molar-refractivity contribution in [3.63, 3.8) is 0 Å². The molecule has 0 saturated carbocycles. The average molecular weight is 289 g/mol. The molecule has 5 atom stereocenters. The summed E-state index contributed by atoms with van der Waals surface area (Å²) in [5.41, 5.74) is 1.00. The van der Waals surface area contributed by atoms with Gasteiger partial charge in [0.2, 0.25) is 5.91 Å². The van der Waals surface area contributed by atoms with Gasteiger partial charge in [0.05, 0.1) is 30.1 Å². The standard InChI is InChI=1S/C16H19NO4/c1-9(10-5-3-2-4-6-10)17-15(18)13-11-7-8-12(21-11)14(13)16(19)20/h2-6,9,11-14H,7-8H2,1H3,(H,17,18)(H,19,20)/t9?,11-,12+,13+,14-/m1/s1. The number of rotatable bonds is 4. The molecule has 0 aromatic heterocycles. The summed E-state index contributed by atoms with van der Waals surface area (Å²) in [7, 11) is 0. The Kier molecular flexibility index (Phi) is 3.68. The molecule has 2 N–H and O–H groups in total. The largest absolute Gasteiger partial charge is 0.481 e. The molecule has 1 aromatic rings. The van der Waals surface area contributed by atoms with Crippen molar-refractivity contribution >= 4 is 11.9 Å². The topological polar surface area (TPSA) is 75.6 Å². The molecule has 2 aliphatic rings. The number of fused-ring (bicyclic) bond motifs is 2. The van der Waals surface area contributed by atoms with Crippen LogP contribution in [0.2, 0.25) is 0 Å². The monoisotopic (exact) mass is 289 g/mol. The fourth-order valence-electron chi connectivity index (χ4n) is 3.46. The van der Waals surface area contributed by atoms with Crippen molar-refractivity contribution < 1.29 is 19.4 Å². The van der Waals surface area contributed by atoms with E-state index in [1.165, 1.54) is 0 Å². The van der Waals surface area contributed by atoms with Crippen LogP contribution >= 0.6 is 0 Å². The average Bonchev–Trinajstić information content (AvgIpc) is 3.08. The van der Waals surface area contributed by atoms with E-state index in [0.29, 0.717) is 0 Å². The number of amides is 1. The van der Waals surface area contributed by atoms with Crippen LogP contribution in [0.25, 0.3) is 0 Å². The van der Waals surface area contributed by atoms with Crippen LogP contribution in [0.3, 0.4) is 0 Å². The zero-order valence-electron chi connectivity index (χ0n) is 11.9. The van der Waals surface area contributed by atoms with Gasteiger partial charge in [-0.1, -0.05) is 30.3 Å². The fourth-order valence-corrected chi connectivity index (χ4v) is 3.46. The number of carboxylic acid groups (broad SMARTS) is 1. The Bertz CT molecular complexity index is 544. The molecule has 3 rings (SSSR count). The Labute approximate surface area is 123 Å². The number of ether oxygens (including phenoxy) is 1. The summed E-state index contributed by atoms with van der Waals surface area (Å²) in [6.07, 6.45) is 0.945. The molecule has 2 saturated heterocycles. The summed E-state index contributed by atoms with van der Waals surface area (Å²) in [4.78, 5) is 23.9. The van der Waals surface area contributed by atoms with Gasteiger partial charge in [0.15, 0.2) is 0 Å². The van der Waals surface area contributed by atoms with Gasteiger partial charge in [0.1, 0.15) is 0 Å². The molecule has 2 fully saturated rings. The van der Waals surface area contributed by atoms with Crippen molar-refractivity contribution in [3.05, 3.63) is 35.9 Å². The lowest BCUT2D eigenvalue weighted by Gasteiger charge is -2.25. The number of nitrogens with one attached hydrogen (secondary N) is 1. The SMILES string of the molecule is CC(NC(=O)[C@@H]1[C@H](C(=O)O)[C@@H]2CC[C@H]1O2)c1ccccc1. The van der Waals surface area contributed by atoms with E-state index < -0.39 is 17.8 Å². The number of carbonyl (C=O) groups excluding carboxylic acids is 1. The molecule has 0 aliphatic carbocycles. The normalized spacial score (nSPS) is 31.9. The van der Waals surface area contributed by atoms with Crippen LogP contribution in [0.1, 0.15) is 31.4 Å². The van der Waals surface area contributed by atoms with Crippen LogP contribution in [0.4, 0.5) is 0 Å². The maximum atomic E-state index is 12.5. The first kappa shape index (κ1) is 14.1. The van der Waals surface area contributed by atoms with Gasteiger partial charge in [-0.2, -0.15) is 0 Å². The van der Waals surface area contributed by atoms with Crippen LogP contribution in [0.15, 0.2) is 30.3 Å². The Balaban J connectivity index is 1.72. The van der Waals surface area contributed by atoms with E-state index in [4.69, 9.17) is 4.74 Å². The summed E-state index contributed by atoms with van der Waals surface area (Å²) >= 11 is 0. The highest BCUT2D eigenvalue weighted by Crippen LogP contribution is 2.43. The van der Waals surface area contributed by atoms with Gasteiger partial charge in [0, 0.05) is 0 Å². The minimum absolute atomic E-state index is 0.146. The first-order valence-corrected chi connectivity index (χ1v) is 7.31. The third-order valence-electron chi connectivity index (χ3n) is 4.52.